The van der Waals surface area contributed by atoms with Crippen molar-refractivity contribution in [3.63, 3.8) is 0 Å². The first-order valence-corrected chi connectivity index (χ1v) is 7.05. The Labute approximate surface area is 96.0 Å². The second-order valence-electron chi connectivity index (χ2n) is 4.03. The van der Waals surface area contributed by atoms with Crippen molar-refractivity contribution in [3.05, 3.63) is 0 Å². The van der Waals surface area contributed by atoms with Gasteiger partial charge in [-0.15, -0.1) is 0 Å². The molecule has 0 aromatic carbocycles. The van der Waals surface area contributed by atoms with E-state index in [4.69, 9.17) is 11.5 Å². The second kappa shape index (κ2) is 5.60. The zero-order chi connectivity index (χ0) is 12.2. The van der Waals surface area contributed by atoms with Crippen LogP contribution in [-0.2, 0) is 14.8 Å². The fourth-order valence-corrected chi connectivity index (χ4v) is 3.37. The molecule has 1 rings (SSSR count). The van der Waals surface area contributed by atoms with Gasteiger partial charge in [0.2, 0.25) is 15.9 Å². The highest BCUT2D eigenvalue weighted by atomic mass is 32.2. The molecule has 0 aromatic heterocycles. The van der Waals surface area contributed by atoms with Crippen molar-refractivity contribution in [2.75, 3.05) is 25.4 Å². The summed E-state index contributed by atoms with van der Waals surface area (Å²) in [5.41, 5.74) is 10.5. The molecule has 0 atom stereocenters. The summed E-state index contributed by atoms with van der Waals surface area (Å²) in [5.74, 6) is -0.426. The van der Waals surface area contributed by atoms with E-state index in [-0.39, 0.29) is 17.6 Å². The summed E-state index contributed by atoms with van der Waals surface area (Å²) in [6.07, 6.45) is 1.52. The standard InChI is InChI=1S/C9H19N3O3S/c10-4-1-7-16(14,15)12-5-2-8(3-6-12)9(11)13/h8H,1-7,10H2,(H2,11,13). The molecule has 0 unspecified atom stereocenters. The van der Waals surface area contributed by atoms with Crippen LogP contribution >= 0.6 is 0 Å². The second-order valence-corrected chi connectivity index (χ2v) is 6.12. The van der Waals surface area contributed by atoms with E-state index in [1.165, 1.54) is 4.31 Å². The van der Waals surface area contributed by atoms with Crippen LogP contribution in [0.3, 0.4) is 0 Å². The predicted octanol–water partition coefficient (Wildman–Crippen LogP) is -1.14. The van der Waals surface area contributed by atoms with E-state index in [1.54, 1.807) is 0 Å². The number of hydrogen-bond donors (Lipinski definition) is 2. The SMILES string of the molecule is NCCCS(=O)(=O)N1CCC(C(N)=O)CC1. The molecule has 1 aliphatic heterocycles. The Morgan fingerprint density at radius 1 is 1.31 bits per heavy atom. The van der Waals surface area contributed by atoms with E-state index in [2.05, 4.69) is 0 Å². The first-order valence-electron chi connectivity index (χ1n) is 5.44. The summed E-state index contributed by atoms with van der Waals surface area (Å²) in [7, 11) is -3.19. The van der Waals surface area contributed by atoms with Crippen molar-refractivity contribution in [3.8, 4) is 0 Å². The molecule has 0 bridgehead atoms. The Morgan fingerprint density at radius 3 is 2.31 bits per heavy atom. The smallest absolute Gasteiger partial charge is 0.220 e. The summed E-state index contributed by atoms with van der Waals surface area (Å²) in [4.78, 5) is 10.9. The van der Waals surface area contributed by atoms with Crippen LogP contribution in [0, 0.1) is 5.92 Å². The maximum atomic E-state index is 11.8. The molecule has 16 heavy (non-hydrogen) atoms. The third kappa shape index (κ3) is 3.43. The highest BCUT2D eigenvalue weighted by Gasteiger charge is 2.29. The van der Waals surface area contributed by atoms with Gasteiger partial charge in [-0.3, -0.25) is 4.79 Å². The van der Waals surface area contributed by atoms with Crippen molar-refractivity contribution in [2.24, 2.45) is 17.4 Å². The van der Waals surface area contributed by atoms with Gasteiger partial charge in [0.1, 0.15) is 0 Å². The van der Waals surface area contributed by atoms with E-state index in [0.717, 1.165) is 0 Å². The van der Waals surface area contributed by atoms with Crippen molar-refractivity contribution in [1.29, 1.82) is 0 Å². The van der Waals surface area contributed by atoms with E-state index < -0.39 is 10.0 Å². The minimum absolute atomic E-state index is 0.0880. The van der Waals surface area contributed by atoms with Gasteiger partial charge < -0.3 is 11.5 Å². The number of rotatable bonds is 5. The van der Waals surface area contributed by atoms with Crippen LogP contribution in [0.4, 0.5) is 0 Å². The lowest BCUT2D eigenvalue weighted by Crippen LogP contribution is -2.42. The van der Waals surface area contributed by atoms with Crippen molar-refractivity contribution in [1.82, 2.24) is 4.31 Å². The molecular weight excluding hydrogens is 230 g/mol. The Morgan fingerprint density at radius 2 is 1.88 bits per heavy atom. The highest BCUT2D eigenvalue weighted by molar-refractivity contribution is 7.89. The summed E-state index contributed by atoms with van der Waals surface area (Å²) < 4.78 is 25.0. The molecule has 1 aliphatic rings. The first kappa shape index (κ1) is 13.4. The van der Waals surface area contributed by atoms with Gasteiger partial charge in [-0.1, -0.05) is 0 Å². The molecule has 1 amide bonds. The van der Waals surface area contributed by atoms with E-state index in [0.29, 0.717) is 38.9 Å². The lowest BCUT2D eigenvalue weighted by Gasteiger charge is -2.29. The van der Waals surface area contributed by atoms with Crippen molar-refractivity contribution in [2.45, 2.75) is 19.3 Å². The van der Waals surface area contributed by atoms with Crippen LogP contribution in [0.2, 0.25) is 0 Å². The van der Waals surface area contributed by atoms with Gasteiger partial charge in [0.15, 0.2) is 0 Å². The number of carbonyl (C=O) groups excluding carboxylic acids is 1. The number of primary amides is 1. The molecule has 1 saturated heterocycles. The Hall–Kier alpha value is -0.660. The minimum atomic E-state index is -3.19. The Kier molecular flexibility index (Phi) is 4.69. The van der Waals surface area contributed by atoms with Crippen LogP contribution < -0.4 is 11.5 Å². The van der Waals surface area contributed by atoms with Gasteiger partial charge in [-0.05, 0) is 25.8 Å². The minimum Gasteiger partial charge on any atom is -0.369 e. The number of nitrogens with zero attached hydrogens (tertiary/aromatic N) is 1. The predicted molar refractivity (Wildman–Crippen MR) is 60.9 cm³/mol. The summed E-state index contributed by atoms with van der Waals surface area (Å²) in [6.45, 7) is 1.15. The van der Waals surface area contributed by atoms with Crippen molar-refractivity contribution >= 4 is 15.9 Å². The fourth-order valence-electron chi connectivity index (χ4n) is 1.81. The Bertz CT molecular complexity index is 334. The maximum Gasteiger partial charge on any atom is 0.220 e. The van der Waals surface area contributed by atoms with E-state index in [1.807, 2.05) is 0 Å². The fraction of sp³-hybridized carbons (Fsp3) is 0.889. The first-order chi connectivity index (χ1) is 7.47. The molecule has 0 saturated carbocycles. The van der Waals surface area contributed by atoms with Gasteiger partial charge in [-0.2, -0.15) is 0 Å². The molecule has 7 heteroatoms. The molecule has 0 spiro atoms. The topological polar surface area (TPSA) is 106 Å². The average molecular weight is 249 g/mol. The number of carbonyl (C=O) groups is 1. The number of hydrogen-bond acceptors (Lipinski definition) is 4. The Balaban J connectivity index is 2.50. The van der Waals surface area contributed by atoms with Gasteiger partial charge in [0.05, 0.1) is 5.75 Å². The molecule has 0 aliphatic carbocycles. The lowest BCUT2D eigenvalue weighted by atomic mass is 9.98. The molecule has 94 valence electrons. The molecule has 1 fully saturated rings. The van der Waals surface area contributed by atoms with Crippen LogP contribution in [0.25, 0.3) is 0 Å². The molecule has 1 heterocycles. The number of sulfonamides is 1. The molecular formula is C9H19N3O3S. The maximum absolute atomic E-state index is 11.8. The third-order valence-electron chi connectivity index (χ3n) is 2.86. The highest BCUT2D eigenvalue weighted by Crippen LogP contribution is 2.19. The molecule has 0 radical (unpaired) electrons. The van der Waals surface area contributed by atoms with E-state index >= 15 is 0 Å². The zero-order valence-electron chi connectivity index (χ0n) is 9.26. The summed E-state index contributed by atoms with van der Waals surface area (Å²) in [5, 5.41) is 0. The van der Waals surface area contributed by atoms with Gasteiger partial charge in [0, 0.05) is 19.0 Å². The van der Waals surface area contributed by atoms with Crippen LogP contribution in [0.1, 0.15) is 19.3 Å². The number of nitrogens with two attached hydrogens (primary N) is 2. The van der Waals surface area contributed by atoms with E-state index in [9.17, 15) is 13.2 Å². The van der Waals surface area contributed by atoms with Crippen LogP contribution in [0.15, 0.2) is 0 Å². The summed E-state index contributed by atoms with van der Waals surface area (Å²) in [6, 6.07) is 0. The van der Waals surface area contributed by atoms with Gasteiger partial charge in [0.25, 0.3) is 0 Å². The third-order valence-corrected chi connectivity index (χ3v) is 4.81. The van der Waals surface area contributed by atoms with Crippen LogP contribution in [-0.4, -0.2) is 44.0 Å². The lowest BCUT2D eigenvalue weighted by molar-refractivity contribution is -0.122. The van der Waals surface area contributed by atoms with Crippen molar-refractivity contribution < 1.29 is 13.2 Å². The zero-order valence-corrected chi connectivity index (χ0v) is 10.1. The summed E-state index contributed by atoms with van der Waals surface area (Å²) >= 11 is 0. The largest absolute Gasteiger partial charge is 0.369 e. The average Bonchev–Trinajstić information content (AvgIpc) is 2.26. The van der Waals surface area contributed by atoms with Gasteiger partial charge >= 0.3 is 0 Å². The molecule has 4 N–H and O–H groups in total. The monoisotopic (exact) mass is 249 g/mol. The van der Waals surface area contributed by atoms with Gasteiger partial charge in [-0.25, -0.2) is 12.7 Å². The normalized spacial score (nSPS) is 19.8. The molecule has 6 nitrogen and oxygen atoms in total. The number of piperidine rings is 1. The molecule has 0 aromatic rings. The number of amides is 1. The van der Waals surface area contributed by atoms with Crippen LogP contribution in [0.5, 0.6) is 0 Å². The quantitative estimate of drug-likeness (QED) is 0.642.